The molecule has 0 spiro atoms. The number of hydrogen-bond acceptors (Lipinski definition) is 3. The van der Waals surface area contributed by atoms with E-state index < -0.39 is 0 Å². The van der Waals surface area contributed by atoms with Gasteiger partial charge in [-0.15, -0.1) is 0 Å². The molecule has 0 saturated carbocycles. The monoisotopic (exact) mass is 361 g/mol. The fourth-order valence-corrected chi connectivity index (χ4v) is 2.20. The van der Waals surface area contributed by atoms with E-state index in [9.17, 15) is 9.59 Å². The van der Waals surface area contributed by atoms with Crippen LogP contribution in [0.15, 0.2) is 29.3 Å². The zero-order valence-corrected chi connectivity index (χ0v) is 16.4. The van der Waals surface area contributed by atoms with Crippen LogP contribution in [0.2, 0.25) is 0 Å². The van der Waals surface area contributed by atoms with Gasteiger partial charge in [-0.3, -0.25) is 14.6 Å². The Morgan fingerprint density at radius 2 is 1.85 bits per heavy atom. The molecule has 26 heavy (non-hydrogen) atoms. The molecule has 2 amide bonds. The highest BCUT2D eigenvalue weighted by atomic mass is 16.2. The van der Waals surface area contributed by atoms with E-state index in [0.29, 0.717) is 24.6 Å². The van der Waals surface area contributed by atoms with Gasteiger partial charge in [-0.1, -0.05) is 19.1 Å². The summed E-state index contributed by atoms with van der Waals surface area (Å²) in [5.74, 6) is 0.347. The van der Waals surface area contributed by atoms with Crippen molar-refractivity contribution in [2.75, 3.05) is 20.1 Å². The van der Waals surface area contributed by atoms with Crippen molar-refractivity contribution in [3.8, 4) is 0 Å². The lowest BCUT2D eigenvalue weighted by Crippen LogP contribution is -2.48. The predicted molar refractivity (Wildman–Crippen MR) is 105 cm³/mol. The number of carbonyl (C=O) groups excluding carboxylic acids is 2. The van der Waals surface area contributed by atoms with Crippen molar-refractivity contribution in [1.29, 1.82) is 0 Å². The summed E-state index contributed by atoms with van der Waals surface area (Å²) in [6, 6.07) is 7.42. The third-order valence-electron chi connectivity index (χ3n) is 3.34. The lowest BCUT2D eigenvalue weighted by atomic mass is 10.1. The number of amides is 2. The third kappa shape index (κ3) is 8.50. The molecule has 0 saturated heterocycles. The number of rotatable bonds is 7. The second-order valence-electron chi connectivity index (χ2n) is 7.03. The van der Waals surface area contributed by atoms with Gasteiger partial charge in [0.05, 0.1) is 6.54 Å². The van der Waals surface area contributed by atoms with Gasteiger partial charge in [0.2, 0.25) is 5.91 Å². The van der Waals surface area contributed by atoms with E-state index in [4.69, 9.17) is 0 Å². The summed E-state index contributed by atoms with van der Waals surface area (Å²) in [7, 11) is 1.64. The lowest BCUT2D eigenvalue weighted by Gasteiger charge is -2.21. The lowest BCUT2D eigenvalue weighted by molar-refractivity contribution is -0.121. The minimum Gasteiger partial charge on any atom is -0.352 e. The molecule has 0 heterocycles. The maximum Gasteiger partial charge on any atom is 0.251 e. The third-order valence-corrected chi connectivity index (χ3v) is 3.34. The number of nitrogens with zero attached hydrogens (tertiary/aromatic N) is 1. The van der Waals surface area contributed by atoms with Gasteiger partial charge in [0.15, 0.2) is 5.96 Å². The largest absolute Gasteiger partial charge is 0.352 e. The van der Waals surface area contributed by atoms with Crippen LogP contribution in [0, 0.1) is 0 Å². The van der Waals surface area contributed by atoms with E-state index in [0.717, 1.165) is 12.0 Å². The maximum atomic E-state index is 12.0. The fourth-order valence-electron chi connectivity index (χ4n) is 2.20. The Labute approximate surface area is 156 Å². The molecule has 0 unspecified atom stereocenters. The van der Waals surface area contributed by atoms with E-state index in [1.54, 1.807) is 13.1 Å². The van der Waals surface area contributed by atoms with Crippen LogP contribution in [0.5, 0.6) is 0 Å². The van der Waals surface area contributed by atoms with Crippen molar-refractivity contribution < 1.29 is 9.59 Å². The first-order valence-electron chi connectivity index (χ1n) is 8.88. The minimum absolute atomic E-state index is 0.0740. The van der Waals surface area contributed by atoms with Crippen LogP contribution in [0.4, 0.5) is 0 Å². The number of benzene rings is 1. The van der Waals surface area contributed by atoms with Crippen LogP contribution in [-0.4, -0.2) is 43.5 Å². The first-order chi connectivity index (χ1) is 12.2. The summed E-state index contributed by atoms with van der Waals surface area (Å²) in [5.41, 5.74) is 1.32. The molecule has 0 aromatic heterocycles. The van der Waals surface area contributed by atoms with Crippen LogP contribution >= 0.6 is 0 Å². The summed E-state index contributed by atoms with van der Waals surface area (Å²) < 4.78 is 0. The van der Waals surface area contributed by atoms with Gasteiger partial charge in [0.1, 0.15) is 0 Å². The van der Waals surface area contributed by atoms with Crippen molar-refractivity contribution in [3.63, 3.8) is 0 Å². The Balaban J connectivity index is 2.53. The molecule has 0 bridgehead atoms. The van der Waals surface area contributed by atoms with E-state index in [1.807, 2.05) is 45.9 Å². The molecule has 0 aliphatic carbocycles. The van der Waals surface area contributed by atoms with Crippen LogP contribution in [0.1, 0.15) is 50.0 Å². The second-order valence-corrected chi connectivity index (χ2v) is 7.03. The first-order valence-corrected chi connectivity index (χ1v) is 8.88. The van der Waals surface area contributed by atoms with Crippen molar-refractivity contribution in [2.24, 2.45) is 4.99 Å². The highest BCUT2D eigenvalue weighted by Crippen LogP contribution is 2.05. The summed E-state index contributed by atoms with van der Waals surface area (Å²) in [6.07, 6.45) is 0.901. The summed E-state index contributed by atoms with van der Waals surface area (Å²) in [4.78, 5) is 28.0. The molecule has 7 nitrogen and oxygen atoms in total. The average molecular weight is 361 g/mol. The standard InChI is InChI=1S/C19H31N5O2/c1-6-10-21-17(26)15-9-7-8-14(11-15)12-22-18(20-5)23-13-16(25)24-19(2,3)4/h7-9,11H,6,10,12-13H2,1-5H3,(H,21,26)(H,24,25)(H2,20,22,23). The number of aliphatic imine (C=N–C) groups is 1. The van der Waals surface area contributed by atoms with Crippen molar-refractivity contribution in [2.45, 2.75) is 46.2 Å². The summed E-state index contributed by atoms with van der Waals surface area (Å²) in [5, 5.41) is 11.9. The molecule has 1 aromatic rings. The van der Waals surface area contributed by atoms with E-state index >= 15 is 0 Å². The molecule has 0 fully saturated rings. The Morgan fingerprint density at radius 3 is 2.46 bits per heavy atom. The number of carbonyl (C=O) groups is 2. The molecule has 7 heteroatoms. The van der Waals surface area contributed by atoms with Crippen LogP contribution in [0.25, 0.3) is 0 Å². The van der Waals surface area contributed by atoms with Gasteiger partial charge in [0, 0.05) is 31.2 Å². The van der Waals surface area contributed by atoms with Crippen molar-refractivity contribution >= 4 is 17.8 Å². The van der Waals surface area contributed by atoms with Gasteiger partial charge in [-0.05, 0) is 44.9 Å². The number of nitrogens with one attached hydrogen (secondary N) is 4. The number of hydrogen-bond donors (Lipinski definition) is 4. The highest BCUT2D eigenvalue weighted by molar-refractivity contribution is 5.94. The molecule has 0 aliphatic rings. The maximum absolute atomic E-state index is 12.0. The Hall–Kier alpha value is -2.57. The fraction of sp³-hybridized carbons (Fsp3) is 0.526. The Bertz CT molecular complexity index is 635. The van der Waals surface area contributed by atoms with Crippen molar-refractivity contribution in [3.05, 3.63) is 35.4 Å². The Morgan fingerprint density at radius 1 is 1.12 bits per heavy atom. The van der Waals surface area contributed by atoms with Crippen molar-refractivity contribution in [1.82, 2.24) is 21.3 Å². The van der Waals surface area contributed by atoms with Crippen LogP contribution < -0.4 is 21.3 Å². The summed E-state index contributed by atoms with van der Waals surface area (Å²) >= 11 is 0. The van der Waals surface area contributed by atoms with Crippen LogP contribution in [0.3, 0.4) is 0 Å². The average Bonchev–Trinajstić information content (AvgIpc) is 2.58. The normalized spacial score (nSPS) is 11.7. The molecule has 4 N–H and O–H groups in total. The smallest absolute Gasteiger partial charge is 0.251 e. The van der Waals surface area contributed by atoms with Crippen LogP contribution in [-0.2, 0) is 11.3 Å². The summed E-state index contributed by atoms with van der Waals surface area (Å²) in [6.45, 7) is 9.10. The molecule has 0 aliphatic heterocycles. The zero-order chi connectivity index (χ0) is 19.6. The second kappa shape index (κ2) is 10.4. The molecule has 144 valence electrons. The topological polar surface area (TPSA) is 94.6 Å². The molecule has 0 atom stereocenters. The van der Waals surface area contributed by atoms with Gasteiger partial charge < -0.3 is 21.3 Å². The van der Waals surface area contributed by atoms with Gasteiger partial charge in [-0.25, -0.2) is 0 Å². The predicted octanol–water partition coefficient (Wildman–Crippen LogP) is 1.41. The first kappa shape index (κ1) is 21.5. The Kier molecular flexibility index (Phi) is 8.61. The molecular weight excluding hydrogens is 330 g/mol. The van der Waals surface area contributed by atoms with Gasteiger partial charge in [-0.2, -0.15) is 0 Å². The molecule has 1 rings (SSSR count). The highest BCUT2D eigenvalue weighted by Gasteiger charge is 2.13. The molecule has 1 aromatic carbocycles. The molecular formula is C19H31N5O2. The zero-order valence-electron chi connectivity index (χ0n) is 16.4. The molecule has 0 radical (unpaired) electrons. The van der Waals surface area contributed by atoms with Gasteiger partial charge in [0.25, 0.3) is 5.91 Å². The van der Waals surface area contributed by atoms with E-state index in [2.05, 4.69) is 26.3 Å². The van der Waals surface area contributed by atoms with E-state index in [-0.39, 0.29) is 23.9 Å². The quantitative estimate of drug-likeness (QED) is 0.436. The SMILES string of the molecule is CCCNC(=O)c1cccc(CNC(=NC)NCC(=O)NC(C)(C)C)c1. The number of guanidine groups is 1. The minimum atomic E-state index is -0.269. The van der Waals surface area contributed by atoms with Gasteiger partial charge >= 0.3 is 0 Å². The van der Waals surface area contributed by atoms with E-state index in [1.165, 1.54) is 0 Å².